The van der Waals surface area contributed by atoms with Crippen LogP contribution in [0.4, 0.5) is 5.69 Å². The molecule has 0 aliphatic carbocycles. The van der Waals surface area contributed by atoms with Gasteiger partial charge in [-0.1, -0.05) is 90.8 Å². The highest BCUT2D eigenvalue weighted by atomic mass is 35.5. The van der Waals surface area contributed by atoms with Gasteiger partial charge in [-0.3, -0.25) is 13.9 Å². The van der Waals surface area contributed by atoms with Crippen LogP contribution >= 0.6 is 11.6 Å². The van der Waals surface area contributed by atoms with Crippen molar-refractivity contribution in [3.63, 3.8) is 0 Å². The molecule has 0 saturated carbocycles. The Labute approximate surface area is 265 Å². The van der Waals surface area contributed by atoms with Gasteiger partial charge in [-0.2, -0.15) is 0 Å². The summed E-state index contributed by atoms with van der Waals surface area (Å²) < 4.78 is 29.2. The molecule has 0 saturated heterocycles. The number of halogens is 1. The maximum Gasteiger partial charge on any atom is 0.264 e. The van der Waals surface area contributed by atoms with Gasteiger partial charge < -0.3 is 10.2 Å². The zero-order valence-corrected chi connectivity index (χ0v) is 26.8. The van der Waals surface area contributed by atoms with Crippen LogP contribution < -0.4 is 9.62 Å². The van der Waals surface area contributed by atoms with Crippen molar-refractivity contribution >= 4 is 39.1 Å². The number of hydrogen-bond acceptors (Lipinski definition) is 4. The minimum absolute atomic E-state index is 0.00209. The van der Waals surface area contributed by atoms with Crippen LogP contribution in [0.15, 0.2) is 108 Å². The maximum absolute atomic E-state index is 14.5. The second-order valence-corrected chi connectivity index (χ2v) is 13.0. The number of nitrogens with zero attached hydrogens (tertiary/aromatic N) is 2. The Morgan fingerprint density at radius 1 is 0.841 bits per heavy atom. The van der Waals surface area contributed by atoms with Gasteiger partial charge >= 0.3 is 0 Å². The van der Waals surface area contributed by atoms with Crippen molar-refractivity contribution in [1.29, 1.82) is 0 Å². The minimum Gasteiger partial charge on any atom is -0.354 e. The smallest absolute Gasteiger partial charge is 0.264 e. The van der Waals surface area contributed by atoms with Crippen LogP contribution in [-0.2, 0) is 32.6 Å². The largest absolute Gasteiger partial charge is 0.354 e. The Kier molecular flexibility index (Phi) is 11.2. The molecule has 0 fully saturated rings. The van der Waals surface area contributed by atoms with E-state index in [9.17, 15) is 18.0 Å². The summed E-state index contributed by atoms with van der Waals surface area (Å²) in [6.45, 7) is 5.89. The topological polar surface area (TPSA) is 86.8 Å². The molecule has 9 heteroatoms. The van der Waals surface area contributed by atoms with Crippen molar-refractivity contribution in [2.24, 2.45) is 0 Å². The van der Waals surface area contributed by atoms with E-state index in [2.05, 4.69) is 5.32 Å². The molecule has 4 aromatic rings. The molecule has 4 rings (SSSR count). The van der Waals surface area contributed by atoms with Crippen LogP contribution in [-0.4, -0.2) is 44.3 Å². The molecule has 2 amide bonds. The molecule has 1 N–H and O–H groups in total. The van der Waals surface area contributed by atoms with Gasteiger partial charge in [-0.25, -0.2) is 8.42 Å². The fourth-order valence-corrected chi connectivity index (χ4v) is 6.40. The van der Waals surface area contributed by atoms with Crippen LogP contribution in [0, 0.1) is 13.8 Å². The Balaban J connectivity index is 1.80. The van der Waals surface area contributed by atoms with E-state index in [0.29, 0.717) is 17.3 Å². The molecule has 0 aliphatic heterocycles. The first-order valence-corrected chi connectivity index (χ1v) is 16.4. The molecule has 0 bridgehead atoms. The van der Waals surface area contributed by atoms with Crippen molar-refractivity contribution in [1.82, 2.24) is 10.2 Å². The zero-order chi connectivity index (χ0) is 31.7. The number of anilines is 1. The van der Waals surface area contributed by atoms with Crippen molar-refractivity contribution in [2.45, 2.75) is 51.1 Å². The van der Waals surface area contributed by atoms with Gasteiger partial charge in [0, 0.05) is 24.5 Å². The van der Waals surface area contributed by atoms with E-state index in [1.165, 1.54) is 29.2 Å². The third kappa shape index (κ3) is 8.27. The van der Waals surface area contributed by atoms with Crippen molar-refractivity contribution in [3.8, 4) is 0 Å². The summed E-state index contributed by atoms with van der Waals surface area (Å²) in [5.41, 5.74) is 3.99. The average molecular weight is 632 g/mol. The number of aryl methyl sites for hydroxylation is 2. The van der Waals surface area contributed by atoms with E-state index in [1.807, 2.05) is 75.4 Å². The summed E-state index contributed by atoms with van der Waals surface area (Å²) in [6.07, 6.45) is 0.999. The number of carbonyl (C=O) groups is 2. The van der Waals surface area contributed by atoms with Crippen molar-refractivity contribution in [3.05, 3.63) is 130 Å². The highest BCUT2D eigenvalue weighted by molar-refractivity contribution is 7.92. The third-order valence-electron chi connectivity index (χ3n) is 7.42. The van der Waals surface area contributed by atoms with E-state index >= 15 is 0 Å². The summed E-state index contributed by atoms with van der Waals surface area (Å²) in [6, 6.07) is 29.1. The first-order chi connectivity index (χ1) is 21.1. The van der Waals surface area contributed by atoms with Crippen molar-refractivity contribution < 1.29 is 18.0 Å². The van der Waals surface area contributed by atoms with Gasteiger partial charge in [0.25, 0.3) is 10.0 Å². The molecule has 230 valence electrons. The third-order valence-corrected chi connectivity index (χ3v) is 9.46. The molecule has 0 radical (unpaired) electrons. The monoisotopic (exact) mass is 631 g/mol. The molecule has 0 unspecified atom stereocenters. The lowest BCUT2D eigenvalue weighted by molar-refractivity contribution is -0.140. The number of nitrogens with one attached hydrogen (secondary N) is 1. The first kappa shape index (κ1) is 32.8. The SMILES string of the molecule is CCCNC(=O)[C@@H](Cc1ccccc1)N(Cc1ccccc1C)C(=O)CN(c1ccc(C)cc1)S(=O)(=O)c1ccc(Cl)cc1. The molecule has 0 heterocycles. The van der Waals surface area contributed by atoms with Crippen LogP contribution in [0.1, 0.15) is 35.6 Å². The van der Waals surface area contributed by atoms with E-state index in [4.69, 9.17) is 11.6 Å². The van der Waals surface area contributed by atoms with E-state index < -0.39 is 28.5 Å². The van der Waals surface area contributed by atoms with Gasteiger partial charge in [0.05, 0.1) is 10.6 Å². The molecule has 0 spiro atoms. The zero-order valence-electron chi connectivity index (χ0n) is 25.2. The van der Waals surface area contributed by atoms with Gasteiger partial charge in [-0.15, -0.1) is 0 Å². The summed E-state index contributed by atoms with van der Waals surface area (Å²) >= 11 is 6.05. The van der Waals surface area contributed by atoms with E-state index in [0.717, 1.165) is 33.0 Å². The second-order valence-electron chi connectivity index (χ2n) is 10.7. The lowest BCUT2D eigenvalue weighted by atomic mass is 10.0. The number of rotatable bonds is 13. The standard InChI is InChI=1S/C35H38ClN3O4S/c1-4-22-37-35(41)33(23-28-11-6-5-7-12-28)38(24-29-13-9-8-10-27(29)3)34(40)25-39(31-18-14-26(2)15-19-31)44(42,43)32-20-16-30(36)17-21-32/h5-21,33H,4,22-25H2,1-3H3,(H,37,41)/t33-/m1/s1. The molecule has 4 aromatic carbocycles. The minimum atomic E-state index is -4.19. The van der Waals surface area contributed by atoms with Crippen molar-refractivity contribution in [2.75, 3.05) is 17.4 Å². The lowest BCUT2D eigenvalue weighted by Crippen LogP contribution is -2.53. The van der Waals surface area contributed by atoms with E-state index in [-0.39, 0.29) is 23.8 Å². The first-order valence-electron chi connectivity index (χ1n) is 14.6. The van der Waals surface area contributed by atoms with Crippen LogP contribution in [0.3, 0.4) is 0 Å². The number of amides is 2. The maximum atomic E-state index is 14.5. The summed E-state index contributed by atoms with van der Waals surface area (Å²) in [5, 5.41) is 3.36. The Morgan fingerprint density at radius 3 is 2.11 bits per heavy atom. The van der Waals surface area contributed by atoms with Crippen LogP contribution in [0.25, 0.3) is 0 Å². The number of sulfonamides is 1. The highest BCUT2D eigenvalue weighted by Gasteiger charge is 2.34. The molecule has 0 aliphatic rings. The molecule has 44 heavy (non-hydrogen) atoms. The quantitative estimate of drug-likeness (QED) is 0.187. The Hall–Kier alpha value is -4.14. The number of carbonyl (C=O) groups excluding carboxylic acids is 2. The summed E-state index contributed by atoms with van der Waals surface area (Å²) in [4.78, 5) is 29.7. The van der Waals surface area contributed by atoms with Gasteiger partial charge in [0.15, 0.2) is 0 Å². The molecular weight excluding hydrogens is 594 g/mol. The predicted octanol–water partition coefficient (Wildman–Crippen LogP) is 6.32. The Morgan fingerprint density at radius 2 is 1.48 bits per heavy atom. The average Bonchev–Trinajstić information content (AvgIpc) is 3.02. The fraction of sp³-hybridized carbons (Fsp3) is 0.257. The van der Waals surface area contributed by atoms with Gasteiger partial charge in [0.1, 0.15) is 12.6 Å². The molecule has 0 aromatic heterocycles. The molecule has 1 atom stereocenters. The number of benzene rings is 4. The summed E-state index contributed by atoms with van der Waals surface area (Å²) in [5.74, 6) is -0.793. The lowest BCUT2D eigenvalue weighted by Gasteiger charge is -2.34. The summed E-state index contributed by atoms with van der Waals surface area (Å²) in [7, 11) is -4.19. The van der Waals surface area contributed by atoms with E-state index in [1.54, 1.807) is 24.3 Å². The predicted molar refractivity (Wildman–Crippen MR) is 176 cm³/mol. The van der Waals surface area contributed by atoms with Gasteiger partial charge in [0.2, 0.25) is 11.8 Å². The Bertz CT molecular complexity index is 1660. The highest BCUT2D eigenvalue weighted by Crippen LogP contribution is 2.26. The number of hydrogen-bond donors (Lipinski definition) is 1. The normalized spacial score (nSPS) is 11.9. The van der Waals surface area contributed by atoms with Crippen LogP contribution in [0.5, 0.6) is 0 Å². The fourth-order valence-electron chi connectivity index (χ4n) is 4.86. The molecule has 7 nitrogen and oxygen atoms in total. The van der Waals surface area contributed by atoms with Gasteiger partial charge in [-0.05, 0) is 73.4 Å². The molecular formula is C35H38ClN3O4S. The second kappa shape index (κ2) is 15.0. The van der Waals surface area contributed by atoms with Crippen LogP contribution in [0.2, 0.25) is 5.02 Å².